The van der Waals surface area contributed by atoms with Crippen molar-refractivity contribution in [3.63, 3.8) is 0 Å². The molecule has 0 unspecified atom stereocenters. The molecule has 1 N–H and O–H groups in total. The normalized spacial score (nSPS) is 10.5. The molecule has 1 aromatic heterocycles. The highest BCUT2D eigenvalue weighted by Gasteiger charge is 2.13. The van der Waals surface area contributed by atoms with Gasteiger partial charge in [-0.25, -0.2) is 9.97 Å². The molecule has 0 bridgehead atoms. The molecule has 4 nitrogen and oxygen atoms in total. The number of halogens is 2. The molecule has 0 spiro atoms. The third-order valence-electron chi connectivity index (χ3n) is 3.01. The summed E-state index contributed by atoms with van der Waals surface area (Å²) in [6.45, 7) is 5.82. The quantitative estimate of drug-likeness (QED) is 0.818. The van der Waals surface area contributed by atoms with E-state index >= 15 is 0 Å². The number of ether oxygens (including phenoxy) is 1. The lowest BCUT2D eigenvalue weighted by atomic mass is 10.1. The molecule has 0 aliphatic rings. The number of methoxy groups -OCH3 is 1. The van der Waals surface area contributed by atoms with Gasteiger partial charge in [0, 0.05) is 11.3 Å². The fourth-order valence-corrected chi connectivity index (χ4v) is 2.46. The van der Waals surface area contributed by atoms with Crippen LogP contribution in [0.15, 0.2) is 16.6 Å². The zero-order valence-electron chi connectivity index (χ0n) is 11.7. The zero-order chi connectivity index (χ0) is 14.9. The molecule has 0 amide bonds. The first-order valence-electron chi connectivity index (χ1n) is 6.05. The summed E-state index contributed by atoms with van der Waals surface area (Å²) in [7, 11) is 1.66. The van der Waals surface area contributed by atoms with Gasteiger partial charge >= 0.3 is 0 Å². The van der Waals surface area contributed by atoms with Gasteiger partial charge < -0.3 is 10.1 Å². The average molecular weight is 357 g/mol. The van der Waals surface area contributed by atoms with E-state index in [4.69, 9.17) is 16.3 Å². The Balaban J connectivity index is 2.50. The van der Waals surface area contributed by atoms with Gasteiger partial charge in [-0.05, 0) is 48.3 Å². The number of anilines is 2. The van der Waals surface area contributed by atoms with Gasteiger partial charge in [0.2, 0.25) is 0 Å². The number of hydrogen-bond donors (Lipinski definition) is 1. The van der Waals surface area contributed by atoms with Gasteiger partial charge in [0.05, 0.1) is 11.6 Å². The second-order valence-electron chi connectivity index (χ2n) is 4.43. The van der Waals surface area contributed by atoms with Crippen molar-refractivity contribution in [2.75, 3.05) is 12.4 Å². The third-order valence-corrected chi connectivity index (χ3v) is 4.26. The van der Waals surface area contributed by atoms with Crippen molar-refractivity contribution < 1.29 is 4.74 Å². The van der Waals surface area contributed by atoms with Gasteiger partial charge in [-0.1, -0.05) is 17.7 Å². The minimum Gasteiger partial charge on any atom is -0.496 e. The van der Waals surface area contributed by atoms with Crippen molar-refractivity contribution in [3.8, 4) is 5.75 Å². The van der Waals surface area contributed by atoms with Crippen molar-refractivity contribution >= 4 is 39.0 Å². The third kappa shape index (κ3) is 2.88. The summed E-state index contributed by atoms with van der Waals surface area (Å²) in [5.41, 5.74) is 3.08. The first kappa shape index (κ1) is 15.1. The second kappa shape index (κ2) is 5.97. The van der Waals surface area contributed by atoms with Crippen molar-refractivity contribution in [1.82, 2.24) is 9.97 Å². The number of nitrogens with one attached hydrogen (secondary N) is 1. The van der Waals surface area contributed by atoms with Crippen molar-refractivity contribution in [3.05, 3.63) is 38.7 Å². The first-order chi connectivity index (χ1) is 9.43. The number of benzene rings is 1. The van der Waals surface area contributed by atoms with Crippen LogP contribution in [0.25, 0.3) is 0 Å². The standard InChI is InChI=1S/C14H15BrClN3O/c1-7-5-6-10(20-4)8(2)12(7)19-14-11(15)13(16)17-9(3)18-14/h5-6H,1-4H3,(H,17,18,19). The van der Waals surface area contributed by atoms with Crippen LogP contribution in [0.2, 0.25) is 5.15 Å². The summed E-state index contributed by atoms with van der Waals surface area (Å²) in [5, 5.41) is 3.69. The number of aryl methyl sites for hydroxylation is 2. The molecule has 0 saturated carbocycles. The first-order valence-corrected chi connectivity index (χ1v) is 7.22. The molecule has 0 atom stereocenters. The van der Waals surface area contributed by atoms with Gasteiger partial charge in [-0.15, -0.1) is 0 Å². The zero-order valence-corrected chi connectivity index (χ0v) is 14.1. The molecule has 0 fully saturated rings. The lowest BCUT2D eigenvalue weighted by Crippen LogP contribution is -2.03. The van der Waals surface area contributed by atoms with E-state index in [9.17, 15) is 0 Å². The molecule has 2 aromatic rings. The average Bonchev–Trinajstić information content (AvgIpc) is 2.40. The Labute approximate surface area is 131 Å². The Kier molecular flexibility index (Phi) is 4.50. The van der Waals surface area contributed by atoms with E-state index in [1.165, 1.54) is 0 Å². The summed E-state index contributed by atoms with van der Waals surface area (Å²) in [4.78, 5) is 8.47. The van der Waals surface area contributed by atoms with E-state index in [1.54, 1.807) is 14.0 Å². The molecule has 0 saturated heterocycles. The molecule has 2 rings (SSSR count). The molecular weight excluding hydrogens is 342 g/mol. The Morgan fingerprint density at radius 3 is 2.55 bits per heavy atom. The molecule has 1 heterocycles. The van der Waals surface area contributed by atoms with Crippen LogP contribution in [-0.4, -0.2) is 17.1 Å². The van der Waals surface area contributed by atoms with Crippen LogP contribution in [-0.2, 0) is 0 Å². The van der Waals surface area contributed by atoms with E-state index in [0.717, 1.165) is 22.6 Å². The highest BCUT2D eigenvalue weighted by Crippen LogP contribution is 2.34. The van der Waals surface area contributed by atoms with Crippen LogP contribution >= 0.6 is 27.5 Å². The maximum Gasteiger partial charge on any atom is 0.150 e. The van der Waals surface area contributed by atoms with E-state index in [-0.39, 0.29) is 0 Å². The molecule has 0 radical (unpaired) electrons. The van der Waals surface area contributed by atoms with Crippen LogP contribution in [0.1, 0.15) is 17.0 Å². The van der Waals surface area contributed by atoms with Gasteiger partial charge in [-0.3, -0.25) is 0 Å². The van der Waals surface area contributed by atoms with Crippen LogP contribution in [0.4, 0.5) is 11.5 Å². The van der Waals surface area contributed by atoms with Gasteiger partial charge in [0.25, 0.3) is 0 Å². The lowest BCUT2D eigenvalue weighted by Gasteiger charge is -2.16. The van der Waals surface area contributed by atoms with Crippen molar-refractivity contribution in [1.29, 1.82) is 0 Å². The molecule has 0 aliphatic heterocycles. The molecule has 20 heavy (non-hydrogen) atoms. The van der Waals surface area contributed by atoms with E-state index < -0.39 is 0 Å². The smallest absolute Gasteiger partial charge is 0.150 e. The van der Waals surface area contributed by atoms with Crippen molar-refractivity contribution in [2.45, 2.75) is 20.8 Å². The SMILES string of the molecule is COc1ccc(C)c(Nc2nc(C)nc(Cl)c2Br)c1C. The fourth-order valence-electron chi connectivity index (χ4n) is 1.97. The predicted octanol–water partition coefficient (Wildman–Crippen LogP) is 4.57. The van der Waals surface area contributed by atoms with Gasteiger partial charge in [0.15, 0.2) is 0 Å². The van der Waals surface area contributed by atoms with Gasteiger partial charge in [-0.2, -0.15) is 0 Å². The Morgan fingerprint density at radius 2 is 1.90 bits per heavy atom. The number of nitrogens with zero attached hydrogens (tertiary/aromatic N) is 2. The number of aromatic nitrogens is 2. The van der Waals surface area contributed by atoms with E-state index in [2.05, 4.69) is 31.2 Å². The minimum absolute atomic E-state index is 0.387. The van der Waals surface area contributed by atoms with Crippen LogP contribution in [0.3, 0.4) is 0 Å². The van der Waals surface area contributed by atoms with Crippen LogP contribution < -0.4 is 10.1 Å². The molecule has 0 aliphatic carbocycles. The highest BCUT2D eigenvalue weighted by atomic mass is 79.9. The van der Waals surface area contributed by atoms with Gasteiger partial charge in [0.1, 0.15) is 22.5 Å². The Morgan fingerprint density at radius 1 is 1.20 bits per heavy atom. The van der Waals surface area contributed by atoms with E-state index in [1.807, 2.05) is 26.0 Å². The summed E-state index contributed by atoms with van der Waals surface area (Å²) < 4.78 is 5.99. The monoisotopic (exact) mass is 355 g/mol. The van der Waals surface area contributed by atoms with Crippen LogP contribution in [0.5, 0.6) is 5.75 Å². The maximum atomic E-state index is 6.06. The summed E-state index contributed by atoms with van der Waals surface area (Å²) in [6.07, 6.45) is 0. The topological polar surface area (TPSA) is 47.0 Å². The summed E-state index contributed by atoms with van der Waals surface area (Å²) in [6, 6.07) is 3.95. The van der Waals surface area contributed by atoms with E-state index in [0.29, 0.717) is 21.3 Å². The summed E-state index contributed by atoms with van der Waals surface area (Å²) >= 11 is 9.47. The van der Waals surface area contributed by atoms with Crippen LogP contribution in [0, 0.1) is 20.8 Å². The lowest BCUT2D eigenvalue weighted by molar-refractivity contribution is 0.412. The largest absolute Gasteiger partial charge is 0.496 e. The molecule has 106 valence electrons. The molecule has 6 heteroatoms. The predicted molar refractivity (Wildman–Crippen MR) is 85.2 cm³/mol. The molecule has 1 aromatic carbocycles. The second-order valence-corrected chi connectivity index (χ2v) is 5.58. The minimum atomic E-state index is 0.387. The maximum absolute atomic E-state index is 6.06. The summed E-state index contributed by atoms with van der Waals surface area (Å²) in [5.74, 6) is 2.08. The molecular formula is C14H15BrClN3O. The number of hydrogen-bond acceptors (Lipinski definition) is 4. The fraction of sp³-hybridized carbons (Fsp3) is 0.286. The highest BCUT2D eigenvalue weighted by molar-refractivity contribution is 9.10. The van der Waals surface area contributed by atoms with Crippen molar-refractivity contribution in [2.24, 2.45) is 0 Å². The Bertz CT molecular complexity index is 661. The Hall–Kier alpha value is -1.33. The number of rotatable bonds is 3.